The predicted molar refractivity (Wildman–Crippen MR) is 137 cm³/mol. The summed E-state index contributed by atoms with van der Waals surface area (Å²) in [6.45, 7) is 2.89. The second kappa shape index (κ2) is 11.9. The summed E-state index contributed by atoms with van der Waals surface area (Å²) in [5.41, 5.74) is 5.79. The number of alkyl halides is 3. The molecule has 0 aromatic heterocycles. The van der Waals surface area contributed by atoms with Crippen LogP contribution in [0.4, 0.5) is 13.2 Å². The van der Waals surface area contributed by atoms with E-state index in [1.807, 2.05) is 0 Å². The fourth-order valence-corrected chi connectivity index (χ4v) is 4.83. The number of aliphatic carboxylic acids is 1. The third kappa shape index (κ3) is 7.66. The Bertz CT molecular complexity index is 1150. The number of halogens is 3. The lowest BCUT2D eigenvalue weighted by atomic mass is 9.86. The monoisotopic (exact) mass is 511 g/mol. The molecule has 5 rings (SSSR count). The fourth-order valence-electron chi connectivity index (χ4n) is 4.83. The molecule has 1 aliphatic carbocycles. The molecule has 2 N–H and O–H groups in total. The molecular weight excluding hydrogens is 479 g/mol. The molecule has 1 saturated carbocycles. The molecular formula is C30H32F3NO3. The van der Waals surface area contributed by atoms with E-state index in [1.54, 1.807) is 0 Å². The molecule has 3 aromatic carbocycles. The van der Waals surface area contributed by atoms with E-state index in [4.69, 9.17) is 14.6 Å². The number of hydrogen-bond acceptors (Lipinski definition) is 3. The topological polar surface area (TPSA) is 58.6 Å². The molecule has 37 heavy (non-hydrogen) atoms. The molecule has 3 aromatic rings. The summed E-state index contributed by atoms with van der Waals surface area (Å²) in [5.74, 6) is -2.30. The van der Waals surface area contributed by atoms with Crippen LogP contribution < -0.4 is 5.32 Å². The zero-order chi connectivity index (χ0) is 26.3. The van der Waals surface area contributed by atoms with Crippen molar-refractivity contribution in [3.8, 4) is 11.1 Å². The number of carboxylic acids is 1. The van der Waals surface area contributed by atoms with Gasteiger partial charge in [0.15, 0.2) is 0 Å². The molecule has 196 valence electrons. The minimum absolute atomic E-state index is 0.248. The Labute approximate surface area is 215 Å². The average Bonchev–Trinajstić information content (AvgIpc) is 3.68. The quantitative estimate of drug-likeness (QED) is 0.382. The Morgan fingerprint density at radius 1 is 0.946 bits per heavy atom. The van der Waals surface area contributed by atoms with E-state index in [2.05, 4.69) is 90.2 Å². The minimum Gasteiger partial charge on any atom is -0.475 e. The average molecular weight is 512 g/mol. The molecule has 2 atom stereocenters. The van der Waals surface area contributed by atoms with E-state index in [1.165, 1.54) is 35.1 Å². The summed E-state index contributed by atoms with van der Waals surface area (Å²) in [7, 11) is 0. The highest BCUT2D eigenvalue weighted by atomic mass is 19.4. The van der Waals surface area contributed by atoms with Crippen molar-refractivity contribution >= 4 is 5.97 Å². The standard InChI is InChI=1S/C28H31NO.C2HF3O2/c1-3-8-22(9-4-1)19-28(15-16-28)21-30-27-20-29-17-14-26(27)25-13-7-12-24(18-25)23-10-5-2-6-11-23;3-2(4,5)1(6)7/h1-13,18,26-27,29H,14-17,19-21H2;(H,6,7)/t26-,27+;/m1./s1. The Balaban J connectivity index is 0.000000405. The summed E-state index contributed by atoms with van der Waals surface area (Å²) >= 11 is 0. The van der Waals surface area contributed by atoms with Crippen molar-refractivity contribution in [2.45, 2.75) is 43.9 Å². The number of piperidine rings is 1. The molecule has 7 heteroatoms. The van der Waals surface area contributed by atoms with Gasteiger partial charge in [0.05, 0.1) is 12.7 Å². The molecule has 0 amide bonds. The SMILES string of the molecule is O=C(O)C(F)(F)F.c1ccc(CC2(CO[C@H]3CNCC[C@@H]3c3cccc(-c4ccccc4)c3)CC2)cc1. The van der Waals surface area contributed by atoms with Crippen LogP contribution in [-0.4, -0.2) is 43.1 Å². The zero-order valence-electron chi connectivity index (χ0n) is 20.6. The second-order valence-electron chi connectivity index (χ2n) is 9.91. The maximum absolute atomic E-state index is 10.6. The number of carbonyl (C=O) groups is 1. The van der Waals surface area contributed by atoms with E-state index in [0.29, 0.717) is 11.3 Å². The van der Waals surface area contributed by atoms with Gasteiger partial charge in [-0.15, -0.1) is 0 Å². The molecule has 0 bridgehead atoms. The summed E-state index contributed by atoms with van der Waals surface area (Å²) in [6, 6.07) is 30.7. The van der Waals surface area contributed by atoms with Gasteiger partial charge in [-0.1, -0.05) is 84.9 Å². The maximum atomic E-state index is 10.6. The van der Waals surface area contributed by atoms with Crippen molar-refractivity contribution in [3.05, 3.63) is 96.1 Å². The highest BCUT2D eigenvalue weighted by Crippen LogP contribution is 2.49. The van der Waals surface area contributed by atoms with Gasteiger partial charge in [0, 0.05) is 12.5 Å². The van der Waals surface area contributed by atoms with Crippen LogP contribution in [0, 0.1) is 5.41 Å². The number of rotatable bonds is 7. The molecule has 1 aliphatic heterocycles. The third-order valence-electron chi connectivity index (χ3n) is 7.07. The molecule has 2 aliphatic rings. The van der Waals surface area contributed by atoms with E-state index in [9.17, 15) is 13.2 Å². The van der Waals surface area contributed by atoms with Gasteiger partial charge in [-0.25, -0.2) is 4.79 Å². The van der Waals surface area contributed by atoms with Crippen molar-refractivity contribution < 1.29 is 27.8 Å². The lowest BCUT2D eigenvalue weighted by Gasteiger charge is -2.34. The molecule has 0 radical (unpaired) electrons. The molecule has 0 spiro atoms. The summed E-state index contributed by atoms with van der Waals surface area (Å²) in [5, 5.41) is 10.7. The molecule has 2 fully saturated rings. The van der Waals surface area contributed by atoms with Crippen LogP contribution >= 0.6 is 0 Å². The van der Waals surface area contributed by atoms with Gasteiger partial charge in [0.25, 0.3) is 0 Å². The first-order chi connectivity index (χ1) is 17.8. The van der Waals surface area contributed by atoms with E-state index < -0.39 is 12.1 Å². The van der Waals surface area contributed by atoms with Crippen LogP contribution in [0.1, 0.15) is 36.3 Å². The lowest BCUT2D eigenvalue weighted by Crippen LogP contribution is -2.42. The molecule has 4 nitrogen and oxygen atoms in total. The van der Waals surface area contributed by atoms with Gasteiger partial charge < -0.3 is 15.2 Å². The van der Waals surface area contributed by atoms with Crippen LogP contribution in [0.5, 0.6) is 0 Å². The smallest absolute Gasteiger partial charge is 0.475 e. The Kier molecular flexibility index (Phi) is 8.67. The van der Waals surface area contributed by atoms with Crippen molar-refractivity contribution in [1.82, 2.24) is 5.32 Å². The van der Waals surface area contributed by atoms with Gasteiger partial charge in [-0.2, -0.15) is 13.2 Å². The van der Waals surface area contributed by atoms with Gasteiger partial charge >= 0.3 is 12.1 Å². The van der Waals surface area contributed by atoms with Gasteiger partial charge in [0.2, 0.25) is 0 Å². The second-order valence-corrected chi connectivity index (χ2v) is 9.91. The van der Waals surface area contributed by atoms with Crippen molar-refractivity contribution in [2.75, 3.05) is 19.7 Å². The van der Waals surface area contributed by atoms with Crippen molar-refractivity contribution in [2.24, 2.45) is 5.41 Å². The van der Waals surface area contributed by atoms with Crippen LogP contribution in [0.2, 0.25) is 0 Å². The summed E-state index contributed by atoms with van der Waals surface area (Å²) in [4.78, 5) is 8.90. The first-order valence-electron chi connectivity index (χ1n) is 12.6. The largest absolute Gasteiger partial charge is 0.490 e. The normalized spacial score (nSPS) is 20.4. The van der Waals surface area contributed by atoms with Gasteiger partial charge in [-0.3, -0.25) is 0 Å². The Morgan fingerprint density at radius 3 is 2.19 bits per heavy atom. The first-order valence-corrected chi connectivity index (χ1v) is 12.6. The number of ether oxygens (including phenoxy) is 1. The fraction of sp³-hybridized carbons (Fsp3) is 0.367. The van der Waals surface area contributed by atoms with E-state index in [-0.39, 0.29) is 6.10 Å². The van der Waals surface area contributed by atoms with Crippen LogP contribution in [0.25, 0.3) is 11.1 Å². The van der Waals surface area contributed by atoms with Crippen LogP contribution in [0.15, 0.2) is 84.9 Å². The highest BCUT2D eigenvalue weighted by Gasteiger charge is 2.44. The Morgan fingerprint density at radius 2 is 1.57 bits per heavy atom. The molecule has 0 unspecified atom stereocenters. The third-order valence-corrected chi connectivity index (χ3v) is 7.07. The van der Waals surface area contributed by atoms with Crippen LogP contribution in [0.3, 0.4) is 0 Å². The summed E-state index contributed by atoms with van der Waals surface area (Å²) < 4.78 is 38.4. The minimum atomic E-state index is -5.08. The van der Waals surface area contributed by atoms with Crippen molar-refractivity contribution in [1.29, 1.82) is 0 Å². The first kappa shape index (κ1) is 26.9. The van der Waals surface area contributed by atoms with Crippen molar-refractivity contribution in [3.63, 3.8) is 0 Å². The number of nitrogens with one attached hydrogen (secondary N) is 1. The van der Waals surface area contributed by atoms with Crippen LogP contribution in [-0.2, 0) is 16.0 Å². The molecule has 1 saturated heterocycles. The van der Waals surface area contributed by atoms with E-state index >= 15 is 0 Å². The highest BCUT2D eigenvalue weighted by molar-refractivity contribution is 5.73. The van der Waals surface area contributed by atoms with Gasteiger partial charge in [-0.05, 0) is 59.9 Å². The van der Waals surface area contributed by atoms with Gasteiger partial charge in [0.1, 0.15) is 0 Å². The zero-order valence-corrected chi connectivity index (χ0v) is 20.6. The maximum Gasteiger partial charge on any atom is 0.490 e. The number of hydrogen-bond donors (Lipinski definition) is 2. The van der Waals surface area contributed by atoms with E-state index in [0.717, 1.165) is 32.5 Å². The number of carboxylic acid groups (broad SMARTS) is 1. The lowest BCUT2D eigenvalue weighted by molar-refractivity contribution is -0.192. The number of benzene rings is 3. The molecule has 1 heterocycles. The summed E-state index contributed by atoms with van der Waals surface area (Å²) in [6.07, 6.45) is 0.0152. The predicted octanol–water partition coefficient (Wildman–Crippen LogP) is 6.47. The Hall–Kier alpha value is -3.16.